The normalized spacial score (nSPS) is 10.5. The van der Waals surface area contributed by atoms with Gasteiger partial charge in [0.2, 0.25) is 5.56 Å². The smallest absolute Gasteiger partial charge is 0.256 e. The van der Waals surface area contributed by atoms with Gasteiger partial charge in [-0.25, -0.2) is 8.78 Å². The van der Waals surface area contributed by atoms with Crippen molar-refractivity contribution in [1.29, 1.82) is 0 Å². The van der Waals surface area contributed by atoms with E-state index >= 15 is 0 Å². The molecule has 0 bridgehead atoms. The average Bonchev–Trinajstić information content (AvgIpc) is 2.36. The summed E-state index contributed by atoms with van der Waals surface area (Å²) in [6, 6.07) is 8.90. The van der Waals surface area contributed by atoms with E-state index in [4.69, 9.17) is 0 Å². The number of rotatable bonds is 3. The van der Waals surface area contributed by atoms with Crippen LogP contribution in [0, 0.1) is 16.6 Å². The van der Waals surface area contributed by atoms with Gasteiger partial charge in [0, 0.05) is 32.7 Å². The van der Waals surface area contributed by atoms with E-state index in [1.165, 1.54) is 18.2 Å². The van der Waals surface area contributed by atoms with Gasteiger partial charge in [-0.05, 0) is 15.7 Å². The van der Waals surface area contributed by atoms with Gasteiger partial charge in [0.05, 0.1) is 6.54 Å². The second kappa shape index (κ2) is 7.78. The molecule has 0 aliphatic carbocycles. The summed E-state index contributed by atoms with van der Waals surface area (Å²) in [5, 5.41) is 9.40. The summed E-state index contributed by atoms with van der Waals surface area (Å²) in [6.07, 6.45) is -2.63. The molecule has 0 atom stereocenters. The van der Waals surface area contributed by atoms with E-state index in [9.17, 15) is 18.7 Å². The topological polar surface area (TPSA) is 42.2 Å². The van der Waals surface area contributed by atoms with Crippen LogP contribution in [0.2, 0.25) is 0 Å². The van der Waals surface area contributed by atoms with Crippen LogP contribution >= 0.6 is 22.6 Å². The third-order valence-corrected chi connectivity index (χ3v) is 3.61. The molecule has 21 heavy (non-hydrogen) atoms. The number of alkyl halides is 2. The van der Waals surface area contributed by atoms with E-state index in [1.807, 2.05) is 0 Å². The average molecular weight is 479 g/mol. The number of aromatic nitrogens is 1. The van der Waals surface area contributed by atoms with Crippen LogP contribution in [0.5, 0.6) is 5.75 Å². The molecular weight excluding hydrogens is 468 g/mol. The molecule has 109 valence electrons. The molecule has 0 spiro atoms. The molecule has 2 aromatic rings. The molecule has 1 radical (unpaired) electrons. The van der Waals surface area contributed by atoms with Crippen molar-refractivity contribution in [1.82, 2.24) is 4.57 Å². The Labute approximate surface area is 159 Å². The van der Waals surface area contributed by atoms with Crippen molar-refractivity contribution in [2.75, 3.05) is 0 Å². The van der Waals surface area contributed by atoms with Crippen LogP contribution in [0.3, 0.4) is 0 Å². The Morgan fingerprint density at radius 1 is 1.43 bits per heavy atom. The molecule has 0 unspecified atom stereocenters. The third-order valence-electron chi connectivity index (χ3n) is 2.84. The van der Waals surface area contributed by atoms with Crippen molar-refractivity contribution < 1.29 is 46.6 Å². The molecule has 1 aromatic heterocycles. The molecule has 0 saturated carbocycles. The first-order valence-corrected chi connectivity index (χ1v) is 6.87. The molecule has 0 aliphatic heterocycles. The number of phenols is 1. The summed E-state index contributed by atoms with van der Waals surface area (Å²) in [7, 11) is 0. The fourth-order valence-corrected chi connectivity index (χ4v) is 2.40. The molecule has 2 rings (SSSR count). The maximum Gasteiger partial charge on any atom is 0.256 e. The second-order valence-corrected chi connectivity index (χ2v) is 5.45. The second-order valence-electron chi connectivity index (χ2n) is 4.29. The Morgan fingerprint density at radius 3 is 2.67 bits per heavy atom. The number of halogens is 3. The standard InChI is InChI=1S/C14H11F2INO2.Y/c1-8-6-9(19)2-3-10(8)12-5-4-11(17)14(20)18(12)7-13(15)16;/h2-4,6,13,19H,7H2,1H3;/q-1;. The molecule has 1 heterocycles. The molecule has 0 amide bonds. The van der Waals surface area contributed by atoms with Gasteiger partial charge in [0.1, 0.15) is 5.75 Å². The first-order chi connectivity index (χ1) is 9.40. The van der Waals surface area contributed by atoms with E-state index in [-0.39, 0.29) is 38.5 Å². The number of hydrogen-bond donors (Lipinski definition) is 1. The number of nitrogens with zero attached hydrogens (tertiary/aromatic N) is 1. The molecule has 0 saturated heterocycles. The number of aromatic hydroxyl groups is 1. The van der Waals surface area contributed by atoms with Gasteiger partial charge in [-0.1, -0.05) is 23.7 Å². The summed E-state index contributed by atoms with van der Waals surface area (Å²) in [5.74, 6) is 0.0829. The van der Waals surface area contributed by atoms with Crippen LogP contribution in [0.15, 0.2) is 29.1 Å². The molecule has 1 N–H and O–H groups in total. The zero-order valence-electron chi connectivity index (χ0n) is 11.1. The van der Waals surface area contributed by atoms with Crippen molar-refractivity contribution in [3.8, 4) is 17.0 Å². The minimum absolute atomic E-state index is 0. The number of pyridine rings is 1. The van der Waals surface area contributed by atoms with E-state index in [2.05, 4.69) is 6.07 Å². The Morgan fingerprint density at radius 2 is 2.10 bits per heavy atom. The van der Waals surface area contributed by atoms with Gasteiger partial charge >= 0.3 is 0 Å². The van der Waals surface area contributed by atoms with E-state index in [0.717, 1.165) is 4.57 Å². The molecule has 3 nitrogen and oxygen atoms in total. The molecular formula is C14H11F2INO2Y-. The first-order valence-electron chi connectivity index (χ1n) is 5.79. The molecule has 0 fully saturated rings. The molecule has 0 aliphatic rings. The van der Waals surface area contributed by atoms with E-state index in [1.54, 1.807) is 35.6 Å². The van der Waals surface area contributed by atoms with Gasteiger partial charge in [-0.15, -0.1) is 28.7 Å². The largest absolute Gasteiger partial charge is 0.508 e. The quantitative estimate of drug-likeness (QED) is 0.543. The zero-order valence-corrected chi connectivity index (χ0v) is 16.1. The summed E-state index contributed by atoms with van der Waals surface area (Å²) in [4.78, 5) is 12.0. The van der Waals surface area contributed by atoms with E-state index < -0.39 is 18.5 Å². The molecule has 1 aromatic carbocycles. The predicted octanol–water partition coefficient (Wildman–Crippen LogP) is 3.20. The Balaban J connectivity index is 0.00000220. The summed E-state index contributed by atoms with van der Waals surface area (Å²) in [6.45, 7) is 1.06. The maximum atomic E-state index is 12.7. The zero-order chi connectivity index (χ0) is 14.9. The number of aryl methyl sites for hydroxylation is 1. The summed E-state index contributed by atoms with van der Waals surface area (Å²) in [5.41, 5.74) is 1.11. The Hall–Kier alpha value is -0.336. The SMILES string of the molecule is Cc1cc(O)ccc1-c1[c-]cc(I)c(=O)n1CC(F)F.[Y]. The fourth-order valence-electron chi connectivity index (χ4n) is 1.95. The van der Waals surface area contributed by atoms with Crippen LogP contribution in [0.1, 0.15) is 5.56 Å². The Kier molecular flexibility index (Phi) is 6.94. The van der Waals surface area contributed by atoms with Crippen molar-refractivity contribution >= 4 is 22.6 Å². The monoisotopic (exact) mass is 479 g/mol. The predicted molar refractivity (Wildman–Crippen MR) is 80.1 cm³/mol. The first kappa shape index (κ1) is 18.7. The van der Waals surface area contributed by atoms with E-state index in [0.29, 0.717) is 20.4 Å². The summed E-state index contributed by atoms with van der Waals surface area (Å²) >= 11 is 1.80. The van der Waals surface area contributed by atoms with Gasteiger partial charge in [-0.2, -0.15) is 12.1 Å². The summed E-state index contributed by atoms with van der Waals surface area (Å²) < 4.78 is 26.7. The van der Waals surface area contributed by atoms with Gasteiger partial charge in [-0.3, -0.25) is 4.79 Å². The van der Waals surface area contributed by atoms with Gasteiger partial charge in [0.15, 0.2) is 0 Å². The van der Waals surface area contributed by atoms with Crippen LogP contribution in [-0.4, -0.2) is 16.1 Å². The van der Waals surface area contributed by atoms with Crippen LogP contribution < -0.4 is 5.56 Å². The Bertz CT molecular complexity index is 704. The van der Waals surface area contributed by atoms with Crippen LogP contribution in [-0.2, 0) is 39.3 Å². The van der Waals surface area contributed by atoms with Crippen LogP contribution in [0.4, 0.5) is 8.78 Å². The van der Waals surface area contributed by atoms with Crippen molar-refractivity contribution in [3.05, 3.63) is 49.8 Å². The minimum atomic E-state index is -2.63. The fraction of sp³-hybridized carbons (Fsp3) is 0.214. The molecule has 7 heteroatoms. The van der Waals surface area contributed by atoms with Crippen molar-refractivity contribution in [3.63, 3.8) is 0 Å². The van der Waals surface area contributed by atoms with Gasteiger partial charge in [0.25, 0.3) is 6.43 Å². The van der Waals surface area contributed by atoms with Crippen molar-refractivity contribution in [2.45, 2.75) is 19.9 Å². The maximum absolute atomic E-state index is 12.7. The number of benzene rings is 1. The minimum Gasteiger partial charge on any atom is -0.508 e. The van der Waals surface area contributed by atoms with Crippen molar-refractivity contribution in [2.24, 2.45) is 0 Å². The third kappa shape index (κ3) is 4.33. The van der Waals surface area contributed by atoms with Gasteiger partial charge < -0.3 is 9.67 Å². The van der Waals surface area contributed by atoms with Crippen LogP contribution in [0.25, 0.3) is 11.3 Å². The number of phenolic OH excluding ortho intramolecular Hbond substituents is 1. The number of hydrogen-bond acceptors (Lipinski definition) is 2.